The highest BCUT2D eigenvalue weighted by atomic mass is 127. The maximum Gasteiger partial charge on any atom is 0.222 e. The van der Waals surface area contributed by atoms with Gasteiger partial charge in [-0.1, -0.05) is 19.9 Å². The molecule has 0 atom stereocenters. The lowest BCUT2D eigenvalue weighted by molar-refractivity contribution is -0.123. The van der Waals surface area contributed by atoms with Crippen molar-refractivity contribution in [3.63, 3.8) is 0 Å². The van der Waals surface area contributed by atoms with Crippen molar-refractivity contribution < 1.29 is 4.79 Å². The number of aliphatic imine (C=N–C) groups is 1. The quantitative estimate of drug-likeness (QED) is 0.288. The molecule has 0 saturated heterocycles. The highest BCUT2D eigenvalue weighted by Gasteiger charge is 2.04. The number of amides is 1. The first-order valence-electron chi connectivity index (χ1n) is 7.31. The number of aryl methyl sites for hydroxylation is 2. The van der Waals surface area contributed by atoms with Gasteiger partial charge in [-0.2, -0.15) is 0 Å². The van der Waals surface area contributed by atoms with Gasteiger partial charge >= 0.3 is 0 Å². The Morgan fingerprint density at radius 1 is 1.23 bits per heavy atom. The van der Waals surface area contributed by atoms with E-state index in [2.05, 4.69) is 21.7 Å². The van der Waals surface area contributed by atoms with E-state index < -0.39 is 0 Å². The van der Waals surface area contributed by atoms with E-state index in [1.165, 1.54) is 11.1 Å². The molecule has 0 saturated carbocycles. The summed E-state index contributed by atoms with van der Waals surface area (Å²) in [6.07, 6.45) is 0.772. The number of anilines is 1. The van der Waals surface area contributed by atoms with Gasteiger partial charge in [-0.05, 0) is 43.5 Å². The molecule has 0 unspecified atom stereocenters. The van der Waals surface area contributed by atoms with E-state index in [-0.39, 0.29) is 35.8 Å². The number of benzene rings is 1. The van der Waals surface area contributed by atoms with Crippen LogP contribution in [0.2, 0.25) is 0 Å². The van der Waals surface area contributed by atoms with Crippen molar-refractivity contribution in [2.24, 2.45) is 16.6 Å². The van der Waals surface area contributed by atoms with Crippen LogP contribution in [0, 0.1) is 19.8 Å². The van der Waals surface area contributed by atoms with E-state index >= 15 is 0 Å². The van der Waals surface area contributed by atoms with E-state index in [9.17, 15) is 4.79 Å². The zero-order valence-electron chi connectivity index (χ0n) is 13.8. The zero-order chi connectivity index (χ0) is 15.8. The predicted molar refractivity (Wildman–Crippen MR) is 104 cm³/mol. The van der Waals surface area contributed by atoms with Crippen LogP contribution < -0.4 is 16.4 Å². The zero-order valence-corrected chi connectivity index (χ0v) is 16.1. The van der Waals surface area contributed by atoms with E-state index in [0.717, 1.165) is 12.1 Å². The van der Waals surface area contributed by atoms with Crippen LogP contribution in [0.3, 0.4) is 0 Å². The standard InChI is InChI=1S/C16H26N4O.HI/c1-11(2)15(21)18-6-5-7-19-16(17)20-14-9-12(3)8-13(4)10-14;/h8-11H,5-7H2,1-4H3,(H,18,21)(H3,17,19,20);1H. The first-order valence-corrected chi connectivity index (χ1v) is 7.31. The molecule has 0 spiro atoms. The predicted octanol–water partition coefficient (Wildman–Crippen LogP) is 2.81. The van der Waals surface area contributed by atoms with Crippen molar-refractivity contribution >= 4 is 41.5 Å². The fraction of sp³-hybridized carbons (Fsp3) is 0.500. The Labute approximate surface area is 150 Å². The summed E-state index contributed by atoms with van der Waals surface area (Å²) in [7, 11) is 0. The molecule has 22 heavy (non-hydrogen) atoms. The number of carbonyl (C=O) groups excluding carboxylic acids is 1. The summed E-state index contributed by atoms with van der Waals surface area (Å²) in [6.45, 7) is 9.05. The van der Waals surface area contributed by atoms with E-state index in [1.54, 1.807) is 0 Å². The topological polar surface area (TPSA) is 79.5 Å². The van der Waals surface area contributed by atoms with Crippen LogP contribution in [-0.2, 0) is 4.79 Å². The smallest absolute Gasteiger partial charge is 0.222 e. The second-order valence-electron chi connectivity index (χ2n) is 5.57. The number of carbonyl (C=O) groups is 1. The number of guanidine groups is 1. The molecule has 6 heteroatoms. The minimum absolute atomic E-state index is 0. The molecule has 0 aliphatic carbocycles. The van der Waals surface area contributed by atoms with E-state index in [0.29, 0.717) is 19.0 Å². The van der Waals surface area contributed by atoms with Crippen LogP contribution in [0.25, 0.3) is 0 Å². The van der Waals surface area contributed by atoms with Crippen molar-refractivity contribution in [2.75, 3.05) is 18.4 Å². The molecule has 0 aromatic heterocycles. The lowest BCUT2D eigenvalue weighted by Crippen LogP contribution is -2.29. The minimum Gasteiger partial charge on any atom is -0.370 e. The number of rotatable bonds is 6. The van der Waals surface area contributed by atoms with Gasteiger partial charge in [-0.25, -0.2) is 0 Å². The lowest BCUT2D eigenvalue weighted by atomic mass is 10.1. The van der Waals surface area contributed by atoms with Crippen molar-refractivity contribution in [3.8, 4) is 0 Å². The van der Waals surface area contributed by atoms with Gasteiger partial charge in [0.25, 0.3) is 0 Å². The fourth-order valence-corrected chi connectivity index (χ4v) is 1.93. The van der Waals surface area contributed by atoms with Crippen molar-refractivity contribution in [1.29, 1.82) is 0 Å². The summed E-state index contributed by atoms with van der Waals surface area (Å²) in [4.78, 5) is 15.6. The lowest BCUT2D eigenvalue weighted by Gasteiger charge is -2.08. The Balaban J connectivity index is 0.00000441. The molecule has 0 radical (unpaired) electrons. The average Bonchev–Trinajstić information content (AvgIpc) is 2.36. The molecule has 5 nitrogen and oxygen atoms in total. The summed E-state index contributed by atoms with van der Waals surface area (Å²) in [5.41, 5.74) is 9.16. The molecule has 0 heterocycles. The molecule has 1 amide bonds. The van der Waals surface area contributed by atoms with Crippen LogP contribution in [0.4, 0.5) is 5.69 Å². The third kappa shape index (κ3) is 8.21. The Kier molecular flexibility index (Phi) is 9.80. The summed E-state index contributed by atoms with van der Waals surface area (Å²) in [5, 5.41) is 5.93. The SMILES string of the molecule is Cc1cc(C)cc(NC(N)=NCCCNC(=O)C(C)C)c1.I. The number of hydrogen-bond acceptors (Lipinski definition) is 2. The van der Waals surface area contributed by atoms with Gasteiger partial charge in [0.2, 0.25) is 5.91 Å². The van der Waals surface area contributed by atoms with Crippen LogP contribution in [0.1, 0.15) is 31.4 Å². The molecule has 1 aromatic rings. The Morgan fingerprint density at radius 3 is 2.36 bits per heavy atom. The number of nitrogens with one attached hydrogen (secondary N) is 2. The first-order chi connectivity index (χ1) is 9.88. The highest BCUT2D eigenvalue weighted by molar-refractivity contribution is 14.0. The van der Waals surface area contributed by atoms with Gasteiger partial charge in [0.05, 0.1) is 0 Å². The van der Waals surface area contributed by atoms with E-state index in [1.807, 2.05) is 39.8 Å². The Bertz CT molecular complexity index is 495. The largest absolute Gasteiger partial charge is 0.370 e. The second-order valence-corrected chi connectivity index (χ2v) is 5.57. The summed E-state index contributed by atoms with van der Waals surface area (Å²) in [5.74, 6) is 0.486. The van der Waals surface area contributed by atoms with Crippen molar-refractivity contribution in [2.45, 2.75) is 34.1 Å². The van der Waals surface area contributed by atoms with E-state index in [4.69, 9.17) is 5.73 Å². The molecule has 124 valence electrons. The first kappa shape index (κ1) is 20.7. The minimum atomic E-state index is 0. The second kappa shape index (κ2) is 10.4. The summed E-state index contributed by atoms with van der Waals surface area (Å²) in [6, 6.07) is 6.16. The number of hydrogen-bond donors (Lipinski definition) is 3. The summed E-state index contributed by atoms with van der Waals surface area (Å²) < 4.78 is 0. The number of nitrogens with zero attached hydrogens (tertiary/aromatic N) is 1. The maximum atomic E-state index is 11.4. The average molecular weight is 418 g/mol. The maximum absolute atomic E-state index is 11.4. The van der Waals surface area contributed by atoms with Gasteiger partial charge in [0.1, 0.15) is 0 Å². The van der Waals surface area contributed by atoms with Crippen LogP contribution in [0.15, 0.2) is 23.2 Å². The van der Waals surface area contributed by atoms with Gasteiger partial charge in [0.15, 0.2) is 5.96 Å². The monoisotopic (exact) mass is 418 g/mol. The number of nitrogens with two attached hydrogens (primary N) is 1. The molecule has 4 N–H and O–H groups in total. The molecule has 1 aromatic carbocycles. The van der Waals surface area contributed by atoms with Gasteiger partial charge in [0, 0.05) is 24.7 Å². The Morgan fingerprint density at radius 2 is 1.82 bits per heavy atom. The fourth-order valence-electron chi connectivity index (χ4n) is 1.93. The van der Waals surface area contributed by atoms with Crippen molar-refractivity contribution in [1.82, 2.24) is 5.32 Å². The molecule has 0 aliphatic rings. The van der Waals surface area contributed by atoms with Gasteiger partial charge < -0.3 is 16.4 Å². The molecule has 1 rings (SSSR count). The van der Waals surface area contributed by atoms with Gasteiger partial charge in [-0.3, -0.25) is 9.79 Å². The van der Waals surface area contributed by atoms with Crippen molar-refractivity contribution in [3.05, 3.63) is 29.3 Å². The third-order valence-corrected chi connectivity index (χ3v) is 2.93. The Hall–Kier alpha value is -1.31. The molecule has 0 aliphatic heterocycles. The molecule has 0 fully saturated rings. The van der Waals surface area contributed by atoms with Gasteiger partial charge in [-0.15, -0.1) is 24.0 Å². The normalized spacial score (nSPS) is 11.0. The third-order valence-electron chi connectivity index (χ3n) is 2.93. The molecular formula is C16H27IN4O. The van der Waals surface area contributed by atoms with Crippen LogP contribution >= 0.6 is 24.0 Å². The summed E-state index contributed by atoms with van der Waals surface area (Å²) >= 11 is 0. The number of halogens is 1. The van der Waals surface area contributed by atoms with Crippen LogP contribution in [-0.4, -0.2) is 25.0 Å². The molecular weight excluding hydrogens is 391 g/mol. The molecule has 0 bridgehead atoms. The van der Waals surface area contributed by atoms with Crippen LogP contribution in [0.5, 0.6) is 0 Å². The highest BCUT2D eigenvalue weighted by Crippen LogP contribution is 2.13.